The highest BCUT2D eigenvalue weighted by Crippen LogP contribution is 2.10. The largest absolute Gasteiger partial charge is 0.478 e. The summed E-state index contributed by atoms with van der Waals surface area (Å²) in [5.74, 6) is -0.219. The molecule has 1 rings (SSSR count). The van der Waals surface area contributed by atoms with Crippen molar-refractivity contribution in [3.63, 3.8) is 0 Å². The van der Waals surface area contributed by atoms with Crippen molar-refractivity contribution in [1.82, 2.24) is 4.90 Å². The molecule has 0 saturated heterocycles. The number of carbonyl (C=O) groups is 1. The zero-order valence-electron chi connectivity index (χ0n) is 11.5. The third-order valence-corrected chi connectivity index (χ3v) is 2.77. The molecule has 0 heterocycles. The molecule has 0 spiro atoms. The van der Waals surface area contributed by atoms with E-state index in [1.54, 1.807) is 12.1 Å². The minimum atomic E-state index is -0.867. The van der Waals surface area contributed by atoms with Crippen LogP contribution in [-0.2, 0) is 6.54 Å². The highest BCUT2D eigenvalue weighted by molar-refractivity contribution is 5.87. The second-order valence-electron chi connectivity index (χ2n) is 5.13. The standard InChI is InChI=1S/C15H23NO2/c1-4-9-16(10-12(2)3)11-13-5-7-14(8-6-13)15(17)18/h5-8,12H,4,9-11H2,1-3H3,(H,17,18). The highest BCUT2D eigenvalue weighted by atomic mass is 16.4. The van der Waals surface area contributed by atoms with Crippen molar-refractivity contribution >= 4 is 5.97 Å². The van der Waals surface area contributed by atoms with E-state index in [2.05, 4.69) is 25.7 Å². The zero-order chi connectivity index (χ0) is 13.5. The Morgan fingerprint density at radius 3 is 2.33 bits per heavy atom. The monoisotopic (exact) mass is 249 g/mol. The number of carboxylic acids is 1. The summed E-state index contributed by atoms with van der Waals surface area (Å²) in [6.07, 6.45) is 1.14. The van der Waals surface area contributed by atoms with E-state index in [0.29, 0.717) is 11.5 Å². The predicted molar refractivity (Wildman–Crippen MR) is 73.8 cm³/mol. The summed E-state index contributed by atoms with van der Waals surface area (Å²) in [6.45, 7) is 9.67. The van der Waals surface area contributed by atoms with Gasteiger partial charge in [0.15, 0.2) is 0 Å². The van der Waals surface area contributed by atoms with E-state index in [1.165, 1.54) is 5.56 Å². The van der Waals surface area contributed by atoms with E-state index < -0.39 is 5.97 Å². The van der Waals surface area contributed by atoms with Gasteiger partial charge >= 0.3 is 5.97 Å². The highest BCUT2D eigenvalue weighted by Gasteiger charge is 2.08. The van der Waals surface area contributed by atoms with Crippen LogP contribution in [0.2, 0.25) is 0 Å². The van der Waals surface area contributed by atoms with Gasteiger partial charge in [-0.2, -0.15) is 0 Å². The van der Waals surface area contributed by atoms with E-state index in [4.69, 9.17) is 5.11 Å². The van der Waals surface area contributed by atoms with Crippen LogP contribution in [0.1, 0.15) is 43.1 Å². The summed E-state index contributed by atoms with van der Waals surface area (Å²) in [7, 11) is 0. The lowest BCUT2D eigenvalue weighted by Gasteiger charge is -2.23. The van der Waals surface area contributed by atoms with E-state index in [0.717, 1.165) is 26.1 Å². The second kappa shape index (κ2) is 7.17. The minimum Gasteiger partial charge on any atom is -0.478 e. The molecule has 0 amide bonds. The molecular weight excluding hydrogens is 226 g/mol. The fourth-order valence-electron chi connectivity index (χ4n) is 2.08. The summed E-state index contributed by atoms with van der Waals surface area (Å²) in [4.78, 5) is 13.2. The lowest BCUT2D eigenvalue weighted by molar-refractivity contribution is 0.0697. The third-order valence-electron chi connectivity index (χ3n) is 2.77. The minimum absolute atomic E-state index is 0.352. The fourth-order valence-corrected chi connectivity index (χ4v) is 2.08. The number of benzene rings is 1. The fraction of sp³-hybridized carbons (Fsp3) is 0.533. The maximum Gasteiger partial charge on any atom is 0.335 e. The Balaban J connectivity index is 2.65. The smallest absolute Gasteiger partial charge is 0.335 e. The molecule has 0 aromatic heterocycles. The summed E-state index contributed by atoms with van der Waals surface area (Å²) >= 11 is 0. The number of hydrogen-bond acceptors (Lipinski definition) is 2. The van der Waals surface area contributed by atoms with Gasteiger partial charge < -0.3 is 5.11 Å². The lowest BCUT2D eigenvalue weighted by Crippen LogP contribution is -2.28. The first-order valence-electron chi connectivity index (χ1n) is 6.57. The summed E-state index contributed by atoms with van der Waals surface area (Å²) in [5.41, 5.74) is 1.53. The number of nitrogens with zero attached hydrogens (tertiary/aromatic N) is 1. The van der Waals surface area contributed by atoms with Crippen LogP contribution in [0, 0.1) is 5.92 Å². The molecule has 0 saturated carbocycles. The van der Waals surface area contributed by atoms with Crippen LogP contribution < -0.4 is 0 Å². The maximum absolute atomic E-state index is 10.8. The average molecular weight is 249 g/mol. The summed E-state index contributed by atoms with van der Waals surface area (Å²) < 4.78 is 0. The number of rotatable bonds is 7. The van der Waals surface area contributed by atoms with Crippen molar-refractivity contribution in [3.8, 4) is 0 Å². The molecule has 3 heteroatoms. The molecule has 0 bridgehead atoms. The van der Waals surface area contributed by atoms with Crippen LogP contribution in [0.4, 0.5) is 0 Å². The maximum atomic E-state index is 10.8. The van der Waals surface area contributed by atoms with Gasteiger partial charge in [-0.1, -0.05) is 32.9 Å². The van der Waals surface area contributed by atoms with Crippen molar-refractivity contribution in [2.75, 3.05) is 13.1 Å². The van der Waals surface area contributed by atoms with Crippen molar-refractivity contribution in [1.29, 1.82) is 0 Å². The summed E-state index contributed by atoms with van der Waals surface area (Å²) in [6, 6.07) is 7.17. The molecule has 0 aliphatic rings. The molecule has 1 aromatic rings. The Morgan fingerprint density at radius 1 is 1.28 bits per heavy atom. The van der Waals surface area contributed by atoms with Gasteiger partial charge in [-0.25, -0.2) is 4.79 Å². The Hall–Kier alpha value is -1.35. The molecular formula is C15H23NO2. The molecule has 18 heavy (non-hydrogen) atoms. The normalized spacial score (nSPS) is 11.2. The summed E-state index contributed by atoms with van der Waals surface area (Å²) in [5, 5.41) is 8.85. The van der Waals surface area contributed by atoms with Crippen LogP contribution in [0.15, 0.2) is 24.3 Å². The molecule has 3 nitrogen and oxygen atoms in total. The van der Waals surface area contributed by atoms with Gasteiger partial charge in [-0.3, -0.25) is 4.90 Å². The quantitative estimate of drug-likeness (QED) is 0.806. The first-order chi connectivity index (χ1) is 8.52. The SMILES string of the molecule is CCCN(Cc1ccc(C(=O)O)cc1)CC(C)C. The number of aromatic carboxylic acids is 1. The second-order valence-corrected chi connectivity index (χ2v) is 5.13. The van der Waals surface area contributed by atoms with E-state index in [9.17, 15) is 4.79 Å². The number of carboxylic acid groups (broad SMARTS) is 1. The van der Waals surface area contributed by atoms with Crippen molar-refractivity contribution in [2.24, 2.45) is 5.92 Å². The van der Waals surface area contributed by atoms with E-state index in [1.807, 2.05) is 12.1 Å². The van der Waals surface area contributed by atoms with Crippen LogP contribution >= 0.6 is 0 Å². The molecule has 0 unspecified atom stereocenters. The van der Waals surface area contributed by atoms with Gasteiger partial charge in [0.2, 0.25) is 0 Å². The average Bonchev–Trinajstić information content (AvgIpc) is 2.29. The molecule has 0 fully saturated rings. The van der Waals surface area contributed by atoms with Gasteiger partial charge in [0, 0.05) is 13.1 Å². The topological polar surface area (TPSA) is 40.5 Å². The predicted octanol–water partition coefficient (Wildman–Crippen LogP) is 3.25. The Bertz CT molecular complexity index is 371. The van der Waals surface area contributed by atoms with Crippen molar-refractivity contribution in [2.45, 2.75) is 33.7 Å². The Kier molecular flexibility index (Phi) is 5.86. The Morgan fingerprint density at radius 2 is 1.89 bits per heavy atom. The first-order valence-corrected chi connectivity index (χ1v) is 6.57. The van der Waals surface area contributed by atoms with E-state index >= 15 is 0 Å². The zero-order valence-corrected chi connectivity index (χ0v) is 11.5. The van der Waals surface area contributed by atoms with Gasteiger partial charge in [-0.05, 0) is 36.6 Å². The van der Waals surface area contributed by atoms with Crippen LogP contribution in [0.3, 0.4) is 0 Å². The molecule has 0 atom stereocenters. The van der Waals surface area contributed by atoms with E-state index in [-0.39, 0.29) is 0 Å². The van der Waals surface area contributed by atoms with Crippen molar-refractivity contribution < 1.29 is 9.90 Å². The molecule has 1 N–H and O–H groups in total. The molecule has 0 aliphatic carbocycles. The van der Waals surface area contributed by atoms with Gasteiger partial charge in [-0.15, -0.1) is 0 Å². The number of hydrogen-bond donors (Lipinski definition) is 1. The van der Waals surface area contributed by atoms with Crippen LogP contribution in [0.5, 0.6) is 0 Å². The first kappa shape index (κ1) is 14.7. The molecule has 100 valence electrons. The van der Waals surface area contributed by atoms with Crippen LogP contribution in [0.25, 0.3) is 0 Å². The van der Waals surface area contributed by atoms with Crippen LogP contribution in [-0.4, -0.2) is 29.1 Å². The lowest BCUT2D eigenvalue weighted by atomic mass is 10.1. The van der Waals surface area contributed by atoms with Gasteiger partial charge in [0.05, 0.1) is 5.56 Å². The molecule has 1 aromatic carbocycles. The Labute approximate surface area is 109 Å². The molecule has 0 aliphatic heterocycles. The van der Waals surface area contributed by atoms with Gasteiger partial charge in [0.1, 0.15) is 0 Å². The third kappa shape index (κ3) is 4.88. The van der Waals surface area contributed by atoms with Crippen molar-refractivity contribution in [3.05, 3.63) is 35.4 Å². The molecule has 0 radical (unpaired) electrons. The van der Waals surface area contributed by atoms with Gasteiger partial charge in [0.25, 0.3) is 0 Å².